The lowest BCUT2D eigenvalue weighted by Gasteiger charge is -2.09. The van der Waals surface area contributed by atoms with E-state index in [9.17, 15) is 13.2 Å². The smallest absolute Gasteiger partial charge is 0.416 e. The lowest BCUT2D eigenvalue weighted by Crippen LogP contribution is -2.05. The molecule has 6 heteroatoms. The van der Waals surface area contributed by atoms with Crippen LogP contribution in [0.3, 0.4) is 0 Å². The van der Waals surface area contributed by atoms with E-state index in [1.807, 2.05) is 0 Å². The molecule has 0 spiro atoms. The SMILES string of the molecule is Cc1oc(CN)cc1COc1cccc(C(F)(F)F)c1. The highest BCUT2D eigenvalue weighted by Crippen LogP contribution is 2.31. The molecule has 1 aromatic heterocycles. The second-order valence-corrected chi connectivity index (χ2v) is 4.31. The first-order valence-electron chi connectivity index (χ1n) is 5.98. The number of halogens is 3. The van der Waals surface area contributed by atoms with Gasteiger partial charge in [0.2, 0.25) is 0 Å². The highest BCUT2D eigenvalue weighted by Gasteiger charge is 2.30. The van der Waals surface area contributed by atoms with Crippen molar-refractivity contribution in [3.63, 3.8) is 0 Å². The van der Waals surface area contributed by atoms with E-state index in [1.165, 1.54) is 12.1 Å². The van der Waals surface area contributed by atoms with Gasteiger partial charge in [0, 0.05) is 5.56 Å². The zero-order valence-electron chi connectivity index (χ0n) is 10.8. The van der Waals surface area contributed by atoms with Crippen LogP contribution in [0.4, 0.5) is 13.2 Å². The van der Waals surface area contributed by atoms with Crippen molar-refractivity contribution in [3.05, 3.63) is 53.0 Å². The first-order chi connectivity index (χ1) is 9.40. The van der Waals surface area contributed by atoms with E-state index >= 15 is 0 Å². The van der Waals surface area contributed by atoms with E-state index < -0.39 is 11.7 Å². The first kappa shape index (κ1) is 14.5. The zero-order valence-corrected chi connectivity index (χ0v) is 10.8. The highest BCUT2D eigenvalue weighted by molar-refractivity contribution is 5.31. The molecule has 0 unspecified atom stereocenters. The minimum Gasteiger partial charge on any atom is -0.489 e. The van der Waals surface area contributed by atoms with Gasteiger partial charge in [0.05, 0.1) is 12.1 Å². The van der Waals surface area contributed by atoms with Crippen LogP contribution in [-0.4, -0.2) is 0 Å². The Labute approximate surface area is 114 Å². The van der Waals surface area contributed by atoms with Crippen LogP contribution in [0.1, 0.15) is 22.6 Å². The molecule has 2 aromatic rings. The summed E-state index contributed by atoms with van der Waals surface area (Å²) < 4.78 is 48.4. The maximum atomic E-state index is 12.6. The van der Waals surface area contributed by atoms with Crippen molar-refractivity contribution in [2.24, 2.45) is 5.73 Å². The third-order valence-corrected chi connectivity index (χ3v) is 2.83. The molecule has 0 atom stereocenters. The first-order valence-corrected chi connectivity index (χ1v) is 5.98. The Bertz CT molecular complexity index is 590. The maximum Gasteiger partial charge on any atom is 0.416 e. The average Bonchev–Trinajstić information content (AvgIpc) is 2.76. The van der Waals surface area contributed by atoms with Gasteiger partial charge in [-0.3, -0.25) is 0 Å². The summed E-state index contributed by atoms with van der Waals surface area (Å²) in [7, 11) is 0. The normalized spacial score (nSPS) is 11.7. The fourth-order valence-electron chi connectivity index (χ4n) is 1.75. The molecule has 2 rings (SSSR count). The molecule has 0 amide bonds. The number of aryl methyl sites for hydroxylation is 1. The van der Waals surface area contributed by atoms with Gasteiger partial charge in [0.25, 0.3) is 0 Å². The summed E-state index contributed by atoms with van der Waals surface area (Å²) in [4.78, 5) is 0. The third-order valence-electron chi connectivity index (χ3n) is 2.83. The Morgan fingerprint density at radius 2 is 2.00 bits per heavy atom. The van der Waals surface area contributed by atoms with Crippen molar-refractivity contribution in [2.45, 2.75) is 26.3 Å². The molecule has 108 valence electrons. The maximum absolute atomic E-state index is 12.6. The van der Waals surface area contributed by atoms with Crippen LogP contribution in [0.5, 0.6) is 5.75 Å². The van der Waals surface area contributed by atoms with Gasteiger partial charge < -0.3 is 14.9 Å². The van der Waals surface area contributed by atoms with E-state index in [4.69, 9.17) is 14.9 Å². The van der Waals surface area contributed by atoms with Crippen molar-refractivity contribution in [3.8, 4) is 5.75 Å². The lowest BCUT2D eigenvalue weighted by atomic mass is 10.2. The minimum atomic E-state index is -4.38. The van der Waals surface area contributed by atoms with Crippen LogP contribution in [0, 0.1) is 6.92 Å². The van der Waals surface area contributed by atoms with Crippen LogP contribution in [0.2, 0.25) is 0 Å². The second-order valence-electron chi connectivity index (χ2n) is 4.31. The molecule has 0 bridgehead atoms. The molecule has 20 heavy (non-hydrogen) atoms. The Morgan fingerprint density at radius 1 is 1.25 bits per heavy atom. The molecule has 0 aliphatic heterocycles. The number of benzene rings is 1. The van der Waals surface area contributed by atoms with E-state index in [-0.39, 0.29) is 18.9 Å². The Hall–Kier alpha value is -1.95. The average molecular weight is 285 g/mol. The Balaban J connectivity index is 2.09. The van der Waals surface area contributed by atoms with Crippen LogP contribution >= 0.6 is 0 Å². The number of rotatable bonds is 4. The summed E-state index contributed by atoms with van der Waals surface area (Å²) in [5.41, 5.74) is 5.48. The highest BCUT2D eigenvalue weighted by atomic mass is 19.4. The number of alkyl halides is 3. The number of nitrogens with two attached hydrogens (primary N) is 1. The molecule has 0 radical (unpaired) electrons. The molecular weight excluding hydrogens is 271 g/mol. The quantitative estimate of drug-likeness (QED) is 0.932. The van der Waals surface area contributed by atoms with Gasteiger partial charge in [0.1, 0.15) is 23.9 Å². The predicted molar refractivity (Wildman–Crippen MR) is 67.1 cm³/mol. The van der Waals surface area contributed by atoms with Gasteiger partial charge in [-0.15, -0.1) is 0 Å². The largest absolute Gasteiger partial charge is 0.489 e. The van der Waals surface area contributed by atoms with E-state index in [0.717, 1.165) is 17.7 Å². The Morgan fingerprint density at radius 3 is 2.60 bits per heavy atom. The zero-order chi connectivity index (χ0) is 14.8. The summed E-state index contributed by atoms with van der Waals surface area (Å²) >= 11 is 0. The van der Waals surface area contributed by atoms with Gasteiger partial charge in [0.15, 0.2) is 0 Å². The molecule has 0 fully saturated rings. The standard InChI is InChI=1S/C14H14F3NO2/c1-9-10(5-13(7-18)20-9)8-19-12-4-2-3-11(6-12)14(15,16)17/h2-6H,7-8,18H2,1H3. The third kappa shape index (κ3) is 3.33. The molecule has 0 aliphatic carbocycles. The van der Waals surface area contributed by atoms with Gasteiger partial charge in [-0.2, -0.15) is 13.2 Å². The number of ether oxygens (including phenoxy) is 1. The van der Waals surface area contributed by atoms with Gasteiger partial charge in [-0.05, 0) is 31.2 Å². The fourth-order valence-corrected chi connectivity index (χ4v) is 1.75. The van der Waals surface area contributed by atoms with E-state index in [2.05, 4.69) is 0 Å². The van der Waals surface area contributed by atoms with Crippen LogP contribution in [0.25, 0.3) is 0 Å². The monoisotopic (exact) mass is 285 g/mol. The molecule has 1 aromatic carbocycles. The van der Waals surface area contributed by atoms with Gasteiger partial charge in [-0.25, -0.2) is 0 Å². The molecule has 0 saturated carbocycles. The van der Waals surface area contributed by atoms with Gasteiger partial charge >= 0.3 is 6.18 Å². The lowest BCUT2D eigenvalue weighted by molar-refractivity contribution is -0.137. The summed E-state index contributed by atoms with van der Waals surface area (Å²) in [6.45, 7) is 2.16. The fraction of sp³-hybridized carbons (Fsp3) is 0.286. The van der Waals surface area contributed by atoms with Crippen LogP contribution < -0.4 is 10.5 Å². The van der Waals surface area contributed by atoms with Crippen LogP contribution in [-0.2, 0) is 19.3 Å². The summed E-state index contributed by atoms with van der Waals surface area (Å²) in [6.07, 6.45) is -4.38. The molecule has 2 N–H and O–H groups in total. The van der Waals surface area contributed by atoms with Crippen molar-refractivity contribution in [1.82, 2.24) is 0 Å². The van der Waals surface area contributed by atoms with Crippen molar-refractivity contribution < 1.29 is 22.3 Å². The molecule has 3 nitrogen and oxygen atoms in total. The van der Waals surface area contributed by atoms with E-state index in [0.29, 0.717) is 11.5 Å². The second kappa shape index (κ2) is 5.58. The number of furan rings is 1. The number of hydrogen-bond acceptors (Lipinski definition) is 3. The van der Waals surface area contributed by atoms with Crippen LogP contribution in [0.15, 0.2) is 34.7 Å². The van der Waals surface area contributed by atoms with E-state index in [1.54, 1.807) is 13.0 Å². The molecule has 0 saturated heterocycles. The summed E-state index contributed by atoms with van der Waals surface area (Å²) in [5.74, 6) is 1.43. The molecular formula is C14H14F3NO2. The molecule has 1 heterocycles. The minimum absolute atomic E-state index is 0.136. The number of hydrogen-bond donors (Lipinski definition) is 1. The Kier molecular flexibility index (Phi) is 4.04. The summed E-state index contributed by atoms with van der Waals surface area (Å²) in [6, 6.07) is 6.50. The van der Waals surface area contributed by atoms with Crippen molar-refractivity contribution >= 4 is 0 Å². The van der Waals surface area contributed by atoms with Gasteiger partial charge in [-0.1, -0.05) is 6.07 Å². The van der Waals surface area contributed by atoms with Crippen molar-refractivity contribution in [1.29, 1.82) is 0 Å². The topological polar surface area (TPSA) is 48.4 Å². The van der Waals surface area contributed by atoms with Crippen molar-refractivity contribution in [2.75, 3.05) is 0 Å². The summed E-state index contributed by atoms with van der Waals surface area (Å²) in [5, 5.41) is 0. The molecule has 0 aliphatic rings. The predicted octanol–water partition coefficient (Wildman–Crippen LogP) is 3.64.